The molecule has 0 saturated carbocycles. The normalized spacial score (nSPS) is 18.4. The van der Waals surface area contributed by atoms with Gasteiger partial charge in [-0.2, -0.15) is 0 Å². The van der Waals surface area contributed by atoms with E-state index in [1.165, 1.54) is 0 Å². The van der Waals surface area contributed by atoms with Gasteiger partial charge in [-0.15, -0.1) is 11.6 Å². The summed E-state index contributed by atoms with van der Waals surface area (Å²) in [7, 11) is 0. The zero-order valence-corrected chi connectivity index (χ0v) is 9.95. The van der Waals surface area contributed by atoms with Gasteiger partial charge in [0, 0.05) is 11.4 Å². The zero-order valence-electron chi connectivity index (χ0n) is 9.19. The first-order valence-corrected chi connectivity index (χ1v) is 6.15. The Morgan fingerprint density at radius 2 is 1.94 bits per heavy atom. The van der Waals surface area contributed by atoms with E-state index < -0.39 is 0 Å². The maximum Gasteiger partial charge on any atom is 0.172 e. The van der Waals surface area contributed by atoms with E-state index in [1.54, 1.807) is 0 Å². The molecule has 0 fully saturated rings. The molecule has 1 unspecified atom stereocenters. The molecule has 1 aliphatic rings. The maximum atomic E-state index is 12.3. The molecular weight excluding hydrogens is 232 g/mol. The predicted octanol–water partition coefficient (Wildman–Crippen LogP) is 3.90. The van der Waals surface area contributed by atoms with Crippen molar-refractivity contribution in [1.82, 2.24) is 0 Å². The Kier molecular flexibility index (Phi) is 2.49. The fourth-order valence-corrected chi connectivity index (χ4v) is 2.56. The summed E-state index contributed by atoms with van der Waals surface area (Å²) in [5, 5.41) is 2.12. The number of alkyl halides is 1. The van der Waals surface area contributed by atoms with E-state index in [4.69, 9.17) is 11.6 Å². The number of rotatable bonds is 1. The number of fused-ring (bicyclic) bond motifs is 3. The first-order valence-electron chi connectivity index (χ1n) is 5.61. The Labute approximate surface area is 105 Å². The number of carbonyl (C=O) groups excluding carboxylic acids is 1. The first kappa shape index (κ1) is 10.5. The van der Waals surface area contributed by atoms with E-state index in [2.05, 4.69) is 0 Å². The van der Waals surface area contributed by atoms with Gasteiger partial charge in [-0.05, 0) is 16.3 Å². The second kappa shape index (κ2) is 4.01. The van der Waals surface area contributed by atoms with E-state index in [1.807, 2.05) is 48.6 Å². The molecule has 1 atom stereocenters. The van der Waals surface area contributed by atoms with Gasteiger partial charge in [0.05, 0.1) is 5.92 Å². The van der Waals surface area contributed by atoms with Crippen molar-refractivity contribution < 1.29 is 4.79 Å². The molecule has 2 aromatic rings. The molecule has 0 aromatic heterocycles. The fraction of sp³-hybridized carbons (Fsp3) is 0.133. The van der Waals surface area contributed by atoms with Gasteiger partial charge in [0.25, 0.3) is 0 Å². The van der Waals surface area contributed by atoms with E-state index in [9.17, 15) is 4.79 Å². The number of halogens is 1. The van der Waals surface area contributed by atoms with E-state index >= 15 is 0 Å². The van der Waals surface area contributed by atoms with Crippen LogP contribution in [0, 0.1) is 5.92 Å². The summed E-state index contributed by atoms with van der Waals surface area (Å²) in [5.41, 5.74) is 1.81. The molecule has 0 heterocycles. The molecule has 0 amide bonds. The molecule has 1 aliphatic carbocycles. The van der Waals surface area contributed by atoms with Crippen molar-refractivity contribution in [2.75, 3.05) is 5.88 Å². The highest BCUT2D eigenvalue weighted by molar-refractivity contribution is 6.22. The SMILES string of the molecule is O=C1c2c(ccc3ccccc23)C=CC1CCl. The molecular formula is C15H11ClO. The largest absolute Gasteiger partial charge is 0.293 e. The smallest absolute Gasteiger partial charge is 0.172 e. The van der Waals surface area contributed by atoms with Gasteiger partial charge in [-0.1, -0.05) is 48.6 Å². The van der Waals surface area contributed by atoms with Crippen molar-refractivity contribution in [2.24, 2.45) is 5.92 Å². The van der Waals surface area contributed by atoms with Gasteiger partial charge < -0.3 is 0 Å². The molecule has 1 nitrogen and oxygen atoms in total. The van der Waals surface area contributed by atoms with Crippen LogP contribution in [0.15, 0.2) is 42.5 Å². The van der Waals surface area contributed by atoms with Crippen LogP contribution in [-0.2, 0) is 0 Å². The Balaban J connectivity index is 2.33. The van der Waals surface area contributed by atoms with Crippen molar-refractivity contribution in [2.45, 2.75) is 0 Å². The third kappa shape index (κ3) is 1.58. The third-order valence-electron chi connectivity index (χ3n) is 3.22. The summed E-state index contributed by atoms with van der Waals surface area (Å²) in [4.78, 5) is 12.3. The predicted molar refractivity (Wildman–Crippen MR) is 71.5 cm³/mol. The number of hydrogen-bond donors (Lipinski definition) is 0. The van der Waals surface area contributed by atoms with Crippen LogP contribution in [0.2, 0.25) is 0 Å². The highest BCUT2D eigenvalue weighted by Gasteiger charge is 2.24. The van der Waals surface area contributed by atoms with E-state index in [-0.39, 0.29) is 11.7 Å². The quantitative estimate of drug-likeness (QED) is 0.693. The van der Waals surface area contributed by atoms with Gasteiger partial charge in [0.1, 0.15) is 0 Å². The molecule has 3 rings (SSSR count). The molecule has 84 valence electrons. The summed E-state index contributed by atoms with van der Waals surface area (Å²) >= 11 is 5.82. The Morgan fingerprint density at radius 1 is 1.12 bits per heavy atom. The summed E-state index contributed by atoms with van der Waals surface area (Å²) in [6.45, 7) is 0. The minimum atomic E-state index is -0.185. The molecule has 0 bridgehead atoms. The van der Waals surface area contributed by atoms with Crippen molar-refractivity contribution in [3.63, 3.8) is 0 Å². The van der Waals surface area contributed by atoms with Crippen LogP contribution in [0.1, 0.15) is 15.9 Å². The molecule has 0 saturated heterocycles. The van der Waals surface area contributed by atoms with Crippen molar-refractivity contribution >= 4 is 34.2 Å². The molecule has 2 heteroatoms. The second-order valence-electron chi connectivity index (χ2n) is 4.24. The van der Waals surface area contributed by atoms with Crippen molar-refractivity contribution in [3.8, 4) is 0 Å². The maximum absolute atomic E-state index is 12.3. The molecule has 0 spiro atoms. The summed E-state index contributed by atoms with van der Waals surface area (Å²) in [5.74, 6) is 0.294. The highest BCUT2D eigenvalue weighted by Crippen LogP contribution is 2.30. The summed E-state index contributed by atoms with van der Waals surface area (Å²) in [6, 6.07) is 12.0. The van der Waals surface area contributed by atoms with E-state index in [0.29, 0.717) is 5.88 Å². The highest BCUT2D eigenvalue weighted by atomic mass is 35.5. The second-order valence-corrected chi connectivity index (χ2v) is 4.54. The minimum Gasteiger partial charge on any atom is -0.293 e. The number of carbonyl (C=O) groups is 1. The molecule has 17 heavy (non-hydrogen) atoms. The lowest BCUT2D eigenvalue weighted by molar-refractivity contribution is 0.0955. The first-order chi connectivity index (χ1) is 8.31. The Bertz CT molecular complexity index is 628. The van der Waals surface area contributed by atoms with Gasteiger partial charge >= 0.3 is 0 Å². The molecule has 0 N–H and O–H groups in total. The monoisotopic (exact) mass is 242 g/mol. The Hall–Kier alpha value is -1.60. The van der Waals surface area contributed by atoms with Crippen LogP contribution in [0.4, 0.5) is 0 Å². The molecule has 2 aromatic carbocycles. The van der Waals surface area contributed by atoms with Crippen molar-refractivity contribution in [3.05, 3.63) is 53.6 Å². The van der Waals surface area contributed by atoms with Crippen LogP contribution < -0.4 is 0 Å². The minimum absolute atomic E-state index is 0.134. The van der Waals surface area contributed by atoms with Crippen LogP contribution in [-0.4, -0.2) is 11.7 Å². The van der Waals surface area contributed by atoms with Gasteiger partial charge in [-0.3, -0.25) is 4.79 Å². The summed E-state index contributed by atoms with van der Waals surface area (Å²) in [6.07, 6.45) is 3.89. The van der Waals surface area contributed by atoms with Crippen LogP contribution >= 0.6 is 11.6 Å². The third-order valence-corrected chi connectivity index (χ3v) is 3.55. The van der Waals surface area contributed by atoms with Gasteiger partial charge in [0.2, 0.25) is 0 Å². The average Bonchev–Trinajstić information content (AvgIpc) is 2.38. The van der Waals surface area contributed by atoms with Crippen molar-refractivity contribution in [1.29, 1.82) is 0 Å². The fourth-order valence-electron chi connectivity index (χ4n) is 2.32. The number of benzene rings is 2. The Morgan fingerprint density at radius 3 is 2.76 bits per heavy atom. The summed E-state index contributed by atoms with van der Waals surface area (Å²) < 4.78 is 0. The average molecular weight is 243 g/mol. The van der Waals surface area contributed by atoms with E-state index in [0.717, 1.165) is 21.9 Å². The standard InChI is InChI=1S/C15H11ClO/c16-9-12-8-7-11-6-5-10-3-1-2-4-13(10)14(11)15(12)17/h1-8,12H,9H2. The van der Waals surface area contributed by atoms with Crippen LogP contribution in [0.25, 0.3) is 16.8 Å². The lowest BCUT2D eigenvalue weighted by Gasteiger charge is -2.18. The number of ketones is 1. The molecule has 0 aliphatic heterocycles. The zero-order chi connectivity index (χ0) is 11.8. The lowest BCUT2D eigenvalue weighted by atomic mass is 9.86. The van der Waals surface area contributed by atoms with Gasteiger partial charge in [-0.25, -0.2) is 0 Å². The van der Waals surface area contributed by atoms with Crippen LogP contribution in [0.3, 0.4) is 0 Å². The number of allylic oxidation sites excluding steroid dienone is 1. The number of Topliss-reactive ketones (excluding diaryl/α,β-unsaturated/α-hetero) is 1. The van der Waals surface area contributed by atoms with Crippen LogP contribution in [0.5, 0.6) is 0 Å². The topological polar surface area (TPSA) is 17.1 Å². The number of hydrogen-bond acceptors (Lipinski definition) is 1. The lowest BCUT2D eigenvalue weighted by Crippen LogP contribution is -2.18. The molecule has 0 radical (unpaired) electrons. The van der Waals surface area contributed by atoms with Gasteiger partial charge in [0.15, 0.2) is 5.78 Å².